The average Bonchev–Trinajstić information content (AvgIpc) is 3.24. The molecule has 1 heterocycles. The van der Waals surface area contributed by atoms with Crippen LogP contribution in [0.15, 0.2) is 42.5 Å². The Morgan fingerprint density at radius 2 is 1.84 bits per heavy atom. The number of halogens is 1. The first-order valence-corrected chi connectivity index (χ1v) is 10.5. The van der Waals surface area contributed by atoms with E-state index in [0.717, 1.165) is 18.4 Å². The molecule has 1 aliphatic rings. The lowest BCUT2D eigenvalue weighted by Crippen LogP contribution is -2.36. The van der Waals surface area contributed by atoms with E-state index in [9.17, 15) is 14.0 Å². The summed E-state index contributed by atoms with van der Waals surface area (Å²) in [6.07, 6.45) is 1.88. The minimum Gasteiger partial charge on any atom is -0.497 e. The van der Waals surface area contributed by atoms with Crippen molar-refractivity contribution in [1.82, 2.24) is 10.2 Å². The van der Waals surface area contributed by atoms with E-state index in [1.807, 2.05) is 12.1 Å². The zero-order valence-corrected chi connectivity index (χ0v) is 18.2. The van der Waals surface area contributed by atoms with Crippen LogP contribution in [0.5, 0.6) is 11.5 Å². The zero-order valence-electron chi connectivity index (χ0n) is 18.2. The molecule has 31 heavy (non-hydrogen) atoms. The lowest BCUT2D eigenvalue weighted by molar-refractivity contribution is -0.124. The molecule has 2 amide bonds. The van der Waals surface area contributed by atoms with Crippen LogP contribution < -0.4 is 14.8 Å². The van der Waals surface area contributed by atoms with Gasteiger partial charge in [-0.1, -0.05) is 19.4 Å². The highest BCUT2D eigenvalue weighted by Crippen LogP contribution is 2.39. The van der Waals surface area contributed by atoms with E-state index in [-0.39, 0.29) is 24.3 Å². The van der Waals surface area contributed by atoms with Gasteiger partial charge in [-0.2, -0.15) is 0 Å². The first-order valence-electron chi connectivity index (χ1n) is 10.5. The summed E-state index contributed by atoms with van der Waals surface area (Å²) in [7, 11) is 3.15. The van der Waals surface area contributed by atoms with Gasteiger partial charge in [0.25, 0.3) is 5.91 Å². The third-order valence-corrected chi connectivity index (χ3v) is 5.70. The van der Waals surface area contributed by atoms with Gasteiger partial charge in [-0.15, -0.1) is 0 Å². The van der Waals surface area contributed by atoms with E-state index in [1.165, 1.54) is 24.3 Å². The highest BCUT2D eigenvalue weighted by atomic mass is 19.1. The molecule has 2 aromatic carbocycles. The number of carbonyl (C=O) groups is 2. The molecule has 3 rings (SSSR count). The van der Waals surface area contributed by atoms with Crippen LogP contribution >= 0.6 is 0 Å². The van der Waals surface area contributed by atoms with Gasteiger partial charge in [0.15, 0.2) is 0 Å². The second-order valence-corrected chi connectivity index (χ2v) is 7.68. The van der Waals surface area contributed by atoms with Crippen molar-refractivity contribution in [3.05, 3.63) is 59.4 Å². The highest BCUT2D eigenvalue weighted by Gasteiger charge is 2.41. The zero-order chi connectivity index (χ0) is 22.4. The Kier molecular flexibility index (Phi) is 7.50. The molecule has 0 saturated carbocycles. The fourth-order valence-corrected chi connectivity index (χ4v) is 3.97. The van der Waals surface area contributed by atoms with Crippen molar-refractivity contribution in [2.45, 2.75) is 25.7 Å². The average molecular weight is 429 g/mol. The molecule has 2 aromatic rings. The first kappa shape index (κ1) is 22.6. The van der Waals surface area contributed by atoms with Crippen LogP contribution in [-0.2, 0) is 4.79 Å². The Hall–Kier alpha value is -3.09. The van der Waals surface area contributed by atoms with E-state index in [4.69, 9.17) is 9.47 Å². The number of benzene rings is 2. The Bertz CT molecular complexity index is 916. The smallest absolute Gasteiger partial charge is 0.253 e. The number of hydrogen-bond acceptors (Lipinski definition) is 4. The van der Waals surface area contributed by atoms with Crippen molar-refractivity contribution in [2.24, 2.45) is 5.92 Å². The number of carbonyl (C=O) groups excluding carboxylic acids is 2. The fraction of sp³-hybridized carbons (Fsp3) is 0.417. The molecule has 2 atom stereocenters. The number of methoxy groups -OCH3 is 2. The van der Waals surface area contributed by atoms with Gasteiger partial charge in [0.05, 0.1) is 20.1 Å². The largest absolute Gasteiger partial charge is 0.497 e. The van der Waals surface area contributed by atoms with E-state index < -0.39 is 11.7 Å². The molecule has 166 valence electrons. The molecule has 0 aromatic heterocycles. The second-order valence-electron chi connectivity index (χ2n) is 7.68. The molecule has 0 radical (unpaired) electrons. The van der Waals surface area contributed by atoms with Crippen LogP contribution in [0.25, 0.3) is 0 Å². The van der Waals surface area contributed by atoms with E-state index in [0.29, 0.717) is 30.2 Å². The van der Waals surface area contributed by atoms with Crippen molar-refractivity contribution in [1.29, 1.82) is 0 Å². The van der Waals surface area contributed by atoms with Crippen LogP contribution in [0, 0.1) is 11.7 Å². The molecular formula is C24H29FN2O4. The predicted molar refractivity (Wildman–Crippen MR) is 116 cm³/mol. The lowest BCUT2D eigenvalue weighted by atomic mass is 9.87. The molecule has 7 heteroatoms. The quantitative estimate of drug-likeness (QED) is 0.652. The molecule has 1 N–H and O–H groups in total. The van der Waals surface area contributed by atoms with Crippen molar-refractivity contribution in [2.75, 3.05) is 33.9 Å². The standard InChI is InChI=1S/C24H29FN2O4/c1-4-5-12-26-23(28)21-15-27(24(29)16-6-8-17(25)9-7-16)14-20(21)19-11-10-18(30-2)13-22(19)31-3/h6-11,13,20-21H,4-5,12,14-15H2,1-3H3,(H,26,28). The number of ether oxygens (including phenoxy) is 2. The van der Waals surface area contributed by atoms with Crippen molar-refractivity contribution in [3.63, 3.8) is 0 Å². The van der Waals surface area contributed by atoms with Crippen LogP contribution in [0.4, 0.5) is 4.39 Å². The molecule has 6 nitrogen and oxygen atoms in total. The summed E-state index contributed by atoms with van der Waals surface area (Å²) in [4.78, 5) is 27.7. The summed E-state index contributed by atoms with van der Waals surface area (Å²) in [5.74, 6) is -0.0666. The van der Waals surface area contributed by atoms with Crippen LogP contribution in [0.2, 0.25) is 0 Å². The highest BCUT2D eigenvalue weighted by molar-refractivity contribution is 5.95. The molecule has 0 bridgehead atoms. The van der Waals surface area contributed by atoms with E-state index >= 15 is 0 Å². The van der Waals surface area contributed by atoms with Gasteiger partial charge in [-0.3, -0.25) is 9.59 Å². The Morgan fingerprint density at radius 3 is 2.48 bits per heavy atom. The second kappa shape index (κ2) is 10.3. The Balaban J connectivity index is 1.89. The molecule has 0 spiro atoms. The number of likely N-dealkylation sites (tertiary alicyclic amines) is 1. The maximum absolute atomic E-state index is 13.3. The normalized spacial score (nSPS) is 18.0. The number of nitrogens with one attached hydrogen (secondary N) is 1. The summed E-state index contributed by atoms with van der Waals surface area (Å²) in [6.45, 7) is 3.32. The minimum absolute atomic E-state index is 0.0780. The summed E-state index contributed by atoms with van der Waals surface area (Å²) >= 11 is 0. The number of rotatable bonds is 8. The van der Waals surface area contributed by atoms with E-state index in [1.54, 1.807) is 25.2 Å². The number of amides is 2. The van der Waals surface area contributed by atoms with Crippen molar-refractivity contribution < 1.29 is 23.5 Å². The molecule has 1 saturated heterocycles. The molecular weight excluding hydrogens is 399 g/mol. The Morgan fingerprint density at radius 1 is 1.10 bits per heavy atom. The summed E-state index contributed by atoms with van der Waals surface area (Å²) in [5.41, 5.74) is 1.25. The summed E-state index contributed by atoms with van der Waals surface area (Å²) < 4.78 is 24.1. The predicted octanol–water partition coefficient (Wildman–Crippen LogP) is 3.62. The molecule has 0 aliphatic carbocycles. The van der Waals surface area contributed by atoms with Gasteiger partial charge in [-0.05, 0) is 36.8 Å². The molecule has 1 fully saturated rings. The van der Waals surface area contributed by atoms with Crippen LogP contribution in [0.3, 0.4) is 0 Å². The first-order chi connectivity index (χ1) is 15.0. The number of hydrogen-bond donors (Lipinski definition) is 1. The number of unbranched alkanes of at least 4 members (excludes halogenated alkanes) is 1. The maximum Gasteiger partial charge on any atom is 0.253 e. The number of nitrogens with zero attached hydrogens (tertiary/aromatic N) is 1. The van der Waals surface area contributed by atoms with Crippen molar-refractivity contribution >= 4 is 11.8 Å². The van der Waals surface area contributed by atoms with E-state index in [2.05, 4.69) is 12.2 Å². The van der Waals surface area contributed by atoms with Crippen LogP contribution in [0.1, 0.15) is 41.6 Å². The third kappa shape index (κ3) is 5.16. The monoisotopic (exact) mass is 428 g/mol. The van der Waals surface area contributed by atoms with Gasteiger partial charge in [0, 0.05) is 42.7 Å². The maximum atomic E-state index is 13.3. The lowest BCUT2D eigenvalue weighted by Gasteiger charge is -2.21. The van der Waals surface area contributed by atoms with Gasteiger partial charge >= 0.3 is 0 Å². The van der Waals surface area contributed by atoms with Crippen LogP contribution in [-0.4, -0.2) is 50.6 Å². The SMILES string of the molecule is CCCCNC(=O)C1CN(C(=O)c2ccc(F)cc2)CC1c1ccc(OC)cc1OC. The van der Waals surface area contributed by atoms with Gasteiger partial charge in [-0.25, -0.2) is 4.39 Å². The summed E-state index contributed by atoms with van der Waals surface area (Å²) in [5, 5.41) is 3.00. The minimum atomic E-state index is -0.413. The van der Waals surface area contributed by atoms with Gasteiger partial charge in [0.2, 0.25) is 5.91 Å². The topological polar surface area (TPSA) is 67.9 Å². The van der Waals surface area contributed by atoms with Gasteiger partial charge < -0.3 is 19.7 Å². The summed E-state index contributed by atoms with van der Waals surface area (Å²) in [6, 6.07) is 11.0. The molecule has 2 unspecified atom stereocenters. The third-order valence-electron chi connectivity index (χ3n) is 5.70. The van der Waals surface area contributed by atoms with Crippen molar-refractivity contribution in [3.8, 4) is 11.5 Å². The van der Waals surface area contributed by atoms with Gasteiger partial charge in [0.1, 0.15) is 17.3 Å². The fourth-order valence-electron chi connectivity index (χ4n) is 3.97. The molecule has 1 aliphatic heterocycles. The Labute approximate surface area is 182 Å².